The summed E-state index contributed by atoms with van der Waals surface area (Å²) in [6, 6.07) is 0.286. The Bertz CT molecular complexity index is 211. The van der Waals surface area contributed by atoms with E-state index in [1.54, 1.807) is 5.57 Å². The van der Waals surface area contributed by atoms with E-state index in [2.05, 4.69) is 33.8 Å². The van der Waals surface area contributed by atoms with Crippen LogP contribution in [0, 0.1) is 11.3 Å². The lowest BCUT2D eigenvalue weighted by atomic mass is 9.71. The van der Waals surface area contributed by atoms with Crippen molar-refractivity contribution >= 4 is 0 Å². The summed E-state index contributed by atoms with van der Waals surface area (Å²) >= 11 is 0. The second-order valence-corrected chi connectivity index (χ2v) is 5.46. The monoisotopic (exact) mass is 195 g/mol. The van der Waals surface area contributed by atoms with Gasteiger partial charge in [0, 0.05) is 6.04 Å². The molecule has 1 rings (SSSR count). The lowest BCUT2D eigenvalue weighted by molar-refractivity contribution is 0.284. The molecule has 1 atom stereocenters. The molecular weight excluding hydrogens is 170 g/mol. The van der Waals surface area contributed by atoms with Crippen LogP contribution in [0.2, 0.25) is 0 Å². The largest absolute Gasteiger partial charge is 0.324 e. The average molecular weight is 195 g/mol. The van der Waals surface area contributed by atoms with Gasteiger partial charge in [0.05, 0.1) is 0 Å². The Kier molecular flexibility index (Phi) is 3.77. The zero-order valence-corrected chi connectivity index (χ0v) is 10.1. The van der Waals surface area contributed by atoms with Crippen LogP contribution < -0.4 is 5.73 Å². The van der Waals surface area contributed by atoms with Crippen LogP contribution >= 0.6 is 0 Å². The van der Waals surface area contributed by atoms with Gasteiger partial charge in [0.2, 0.25) is 0 Å². The predicted octanol–water partition coefficient (Wildman–Crippen LogP) is 3.50. The normalized spacial score (nSPS) is 26.4. The maximum Gasteiger partial charge on any atom is 0.0231 e. The molecule has 0 spiro atoms. The minimum Gasteiger partial charge on any atom is -0.324 e. The molecule has 0 fully saturated rings. The lowest BCUT2D eigenvalue weighted by Gasteiger charge is -2.35. The molecule has 1 unspecified atom stereocenters. The molecule has 0 saturated carbocycles. The van der Waals surface area contributed by atoms with Crippen molar-refractivity contribution < 1.29 is 0 Å². The SMILES string of the molecule is CCC(CC)C1=CC(N)CC(C)(C)C1. The number of hydrogen-bond donors (Lipinski definition) is 1. The Labute approximate surface area is 88.8 Å². The summed E-state index contributed by atoms with van der Waals surface area (Å²) in [6.45, 7) is 9.23. The Morgan fingerprint density at radius 2 is 2.00 bits per heavy atom. The summed E-state index contributed by atoms with van der Waals surface area (Å²) in [6.07, 6.45) is 7.21. The number of allylic oxidation sites excluding steroid dienone is 1. The van der Waals surface area contributed by atoms with Crippen molar-refractivity contribution in [3.63, 3.8) is 0 Å². The van der Waals surface area contributed by atoms with Crippen molar-refractivity contribution in [1.82, 2.24) is 0 Å². The fourth-order valence-corrected chi connectivity index (χ4v) is 2.75. The molecule has 0 aliphatic heterocycles. The van der Waals surface area contributed by atoms with Crippen LogP contribution in [-0.4, -0.2) is 6.04 Å². The van der Waals surface area contributed by atoms with Crippen molar-refractivity contribution in [2.75, 3.05) is 0 Å². The van der Waals surface area contributed by atoms with E-state index in [0.717, 1.165) is 12.3 Å². The molecule has 0 radical (unpaired) electrons. The molecule has 0 amide bonds. The van der Waals surface area contributed by atoms with E-state index >= 15 is 0 Å². The summed E-state index contributed by atoms with van der Waals surface area (Å²) in [4.78, 5) is 0. The molecule has 0 saturated heterocycles. The molecule has 1 nitrogen and oxygen atoms in total. The molecule has 0 heterocycles. The van der Waals surface area contributed by atoms with Crippen LogP contribution in [0.3, 0.4) is 0 Å². The first kappa shape index (κ1) is 11.8. The average Bonchev–Trinajstić information content (AvgIpc) is 2.02. The van der Waals surface area contributed by atoms with Gasteiger partial charge in [0.15, 0.2) is 0 Å². The van der Waals surface area contributed by atoms with Gasteiger partial charge in [-0.2, -0.15) is 0 Å². The Hall–Kier alpha value is -0.300. The van der Waals surface area contributed by atoms with Gasteiger partial charge in [0.25, 0.3) is 0 Å². The van der Waals surface area contributed by atoms with E-state index in [9.17, 15) is 0 Å². The third-order valence-electron chi connectivity index (χ3n) is 3.41. The molecule has 1 aliphatic rings. The van der Waals surface area contributed by atoms with Crippen LogP contribution in [0.25, 0.3) is 0 Å². The molecule has 0 aromatic rings. The quantitative estimate of drug-likeness (QED) is 0.685. The molecule has 1 aliphatic carbocycles. The molecule has 0 bridgehead atoms. The van der Waals surface area contributed by atoms with E-state index in [4.69, 9.17) is 5.73 Å². The van der Waals surface area contributed by atoms with Gasteiger partial charge in [-0.25, -0.2) is 0 Å². The molecule has 0 aromatic carbocycles. The number of hydrogen-bond acceptors (Lipinski definition) is 1. The van der Waals surface area contributed by atoms with Gasteiger partial charge in [-0.05, 0) is 37.0 Å². The maximum atomic E-state index is 6.07. The molecule has 82 valence electrons. The van der Waals surface area contributed by atoms with Crippen molar-refractivity contribution in [3.05, 3.63) is 11.6 Å². The summed E-state index contributed by atoms with van der Waals surface area (Å²) in [5.74, 6) is 0.764. The van der Waals surface area contributed by atoms with Gasteiger partial charge < -0.3 is 5.73 Å². The summed E-state index contributed by atoms with van der Waals surface area (Å²) < 4.78 is 0. The Morgan fingerprint density at radius 1 is 1.43 bits per heavy atom. The van der Waals surface area contributed by atoms with Gasteiger partial charge in [-0.1, -0.05) is 39.3 Å². The van der Waals surface area contributed by atoms with Crippen LogP contribution in [0.1, 0.15) is 53.4 Å². The highest BCUT2D eigenvalue weighted by atomic mass is 14.6. The van der Waals surface area contributed by atoms with Crippen LogP contribution in [0.5, 0.6) is 0 Å². The molecule has 0 aromatic heterocycles. The van der Waals surface area contributed by atoms with E-state index in [-0.39, 0.29) is 6.04 Å². The molecule has 14 heavy (non-hydrogen) atoms. The highest BCUT2D eigenvalue weighted by Crippen LogP contribution is 2.39. The highest BCUT2D eigenvalue weighted by molar-refractivity contribution is 5.16. The summed E-state index contributed by atoms with van der Waals surface area (Å²) in [7, 11) is 0. The van der Waals surface area contributed by atoms with Gasteiger partial charge in [-0.3, -0.25) is 0 Å². The first-order valence-corrected chi connectivity index (χ1v) is 5.94. The third-order valence-corrected chi connectivity index (χ3v) is 3.41. The van der Waals surface area contributed by atoms with Crippen LogP contribution in [0.15, 0.2) is 11.6 Å². The maximum absolute atomic E-state index is 6.07. The predicted molar refractivity (Wildman–Crippen MR) is 63.1 cm³/mol. The second-order valence-electron chi connectivity index (χ2n) is 5.46. The first-order valence-electron chi connectivity index (χ1n) is 5.94. The van der Waals surface area contributed by atoms with Crippen molar-refractivity contribution in [2.24, 2.45) is 17.1 Å². The standard InChI is InChI=1S/C13H25N/c1-5-10(6-2)11-7-12(14)9-13(3,4)8-11/h7,10,12H,5-6,8-9,14H2,1-4H3. The summed E-state index contributed by atoms with van der Waals surface area (Å²) in [5, 5.41) is 0. The summed E-state index contributed by atoms with van der Waals surface area (Å²) in [5.41, 5.74) is 8.09. The van der Waals surface area contributed by atoms with E-state index < -0.39 is 0 Å². The van der Waals surface area contributed by atoms with E-state index in [1.807, 2.05) is 0 Å². The zero-order chi connectivity index (χ0) is 10.8. The number of rotatable bonds is 3. The second kappa shape index (κ2) is 4.48. The van der Waals surface area contributed by atoms with Gasteiger partial charge in [0.1, 0.15) is 0 Å². The van der Waals surface area contributed by atoms with Crippen molar-refractivity contribution in [1.29, 1.82) is 0 Å². The van der Waals surface area contributed by atoms with Crippen molar-refractivity contribution in [3.8, 4) is 0 Å². The topological polar surface area (TPSA) is 26.0 Å². The minimum atomic E-state index is 0.286. The fraction of sp³-hybridized carbons (Fsp3) is 0.846. The third kappa shape index (κ3) is 2.84. The van der Waals surface area contributed by atoms with Gasteiger partial charge >= 0.3 is 0 Å². The molecular formula is C13H25N. The van der Waals surface area contributed by atoms with Crippen LogP contribution in [-0.2, 0) is 0 Å². The molecule has 1 heteroatoms. The van der Waals surface area contributed by atoms with E-state index in [0.29, 0.717) is 5.41 Å². The first-order chi connectivity index (χ1) is 6.48. The number of nitrogens with two attached hydrogens (primary N) is 1. The smallest absolute Gasteiger partial charge is 0.0231 e. The minimum absolute atomic E-state index is 0.286. The van der Waals surface area contributed by atoms with Crippen molar-refractivity contribution in [2.45, 2.75) is 59.4 Å². The fourth-order valence-electron chi connectivity index (χ4n) is 2.75. The van der Waals surface area contributed by atoms with E-state index in [1.165, 1.54) is 19.3 Å². The van der Waals surface area contributed by atoms with Crippen LogP contribution in [0.4, 0.5) is 0 Å². The lowest BCUT2D eigenvalue weighted by Crippen LogP contribution is -2.32. The van der Waals surface area contributed by atoms with Gasteiger partial charge in [-0.15, -0.1) is 0 Å². The zero-order valence-electron chi connectivity index (χ0n) is 10.1. The Balaban J connectivity index is 2.77. The highest BCUT2D eigenvalue weighted by Gasteiger charge is 2.28. The molecule has 2 N–H and O–H groups in total. The Morgan fingerprint density at radius 3 is 2.43 bits per heavy atom.